The molecule has 118 valence electrons. The van der Waals surface area contributed by atoms with E-state index in [1.54, 1.807) is 28.8 Å². The number of anilines is 1. The fourth-order valence-corrected chi connectivity index (χ4v) is 3.73. The van der Waals surface area contributed by atoms with Gasteiger partial charge in [0.2, 0.25) is 12.3 Å². The summed E-state index contributed by atoms with van der Waals surface area (Å²) < 4.78 is 5.16. The van der Waals surface area contributed by atoms with Gasteiger partial charge in [0.15, 0.2) is 0 Å². The van der Waals surface area contributed by atoms with Crippen molar-refractivity contribution in [3.05, 3.63) is 59.2 Å². The van der Waals surface area contributed by atoms with Gasteiger partial charge in [0.05, 0.1) is 4.88 Å². The highest BCUT2D eigenvalue weighted by molar-refractivity contribution is 7.20. The molecule has 0 atom stereocenters. The molecule has 0 bridgehead atoms. The maximum atomic E-state index is 12.4. The third-order valence-corrected chi connectivity index (χ3v) is 5.08. The smallest absolute Gasteiger partial charge is 0.275 e. The van der Waals surface area contributed by atoms with Gasteiger partial charge in [0.1, 0.15) is 10.7 Å². The summed E-state index contributed by atoms with van der Waals surface area (Å²) in [4.78, 5) is 17.8. The summed E-state index contributed by atoms with van der Waals surface area (Å²) in [6.07, 6.45) is 1.27. The third kappa shape index (κ3) is 2.97. The van der Waals surface area contributed by atoms with Crippen molar-refractivity contribution >= 4 is 34.3 Å². The van der Waals surface area contributed by atoms with E-state index in [2.05, 4.69) is 20.5 Å². The van der Waals surface area contributed by atoms with Crippen LogP contribution in [0.3, 0.4) is 0 Å². The SMILES string of the molecule is O=C(Nc1cccc(-c2nnco2)c1)c1csc(-c2cccs2)n1. The average Bonchev–Trinajstić information content (AvgIpc) is 3.36. The molecule has 1 aromatic carbocycles. The fraction of sp³-hybridized carbons (Fsp3) is 0. The van der Waals surface area contributed by atoms with Gasteiger partial charge in [-0.1, -0.05) is 12.1 Å². The van der Waals surface area contributed by atoms with Crippen LogP contribution < -0.4 is 5.32 Å². The van der Waals surface area contributed by atoms with Crippen LogP contribution in [0.2, 0.25) is 0 Å². The molecular weight excluding hydrogens is 344 g/mol. The van der Waals surface area contributed by atoms with Crippen molar-refractivity contribution in [2.24, 2.45) is 0 Å². The van der Waals surface area contributed by atoms with Gasteiger partial charge in [0, 0.05) is 16.6 Å². The second-order valence-electron chi connectivity index (χ2n) is 4.79. The van der Waals surface area contributed by atoms with E-state index in [-0.39, 0.29) is 5.91 Å². The molecule has 8 heteroatoms. The van der Waals surface area contributed by atoms with Gasteiger partial charge in [-0.3, -0.25) is 4.79 Å². The number of thiazole rings is 1. The first kappa shape index (κ1) is 14.7. The van der Waals surface area contributed by atoms with Crippen molar-refractivity contribution in [3.8, 4) is 21.3 Å². The summed E-state index contributed by atoms with van der Waals surface area (Å²) in [5.41, 5.74) is 1.77. The van der Waals surface area contributed by atoms with Crippen LogP contribution >= 0.6 is 22.7 Å². The lowest BCUT2D eigenvalue weighted by molar-refractivity contribution is 0.102. The van der Waals surface area contributed by atoms with Gasteiger partial charge in [-0.15, -0.1) is 32.9 Å². The van der Waals surface area contributed by atoms with Crippen molar-refractivity contribution in [3.63, 3.8) is 0 Å². The number of nitrogens with zero attached hydrogens (tertiary/aromatic N) is 3. The quantitative estimate of drug-likeness (QED) is 0.595. The van der Waals surface area contributed by atoms with Crippen LogP contribution in [0.5, 0.6) is 0 Å². The van der Waals surface area contributed by atoms with E-state index in [9.17, 15) is 4.79 Å². The Labute approximate surface area is 144 Å². The second-order valence-corrected chi connectivity index (χ2v) is 6.60. The molecule has 3 heterocycles. The molecule has 4 rings (SSSR count). The molecule has 6 nitrogen and oxygen atoms in total. The summed E-state index contributed by atoms with van der Waals surface area (Å²) in [6.45, 7) is 0. The van der Waals surface area contributed by atoms with E-state index in [1.165, 1.54) is 17.7 Å². The Morgan fingerprint density at radius 3 is 2.92 bits per heavy atom. The van der Waals surface area contributed by atoms with Crippen molar-refractivity contribution in [2.75, 3.05) is 5.32 Å². The molecule has 0 saturated carbocycles. The van der Waals surface area contributed by atoms with Crippen molar-refractivity contribution in [1.82, 2.24) is 15.2 Å². The minimum Gasteiger partial charge on any atom is -0.423 e. The number of benzene rings is 1. The molecule has 0 aliphatic carbocycles. The van der Waals surface area contributed by atoms with Crippen LogP contribution in [0.15, 0.2) is 58.0 Å². The van der Waals surface area contributed by atoms with E-state index in [4.69, 9.17) is 4.42 Å². The van der Waals surface area contributed by atoms with Crippen molar-refractivity contribution in [2.45, 2.75) is 0 Å². The molecule has 0 saturated heterocycles. The van der Waals surface area contributed by atoms with Crippen LogP contribution in [-0.2, 0) is 0 Å². The summed E-state index contributed by atoms with van der Waals surface area (Å²) >= 11 is 3.05. The minimum atomic E-state index is -0.253. The zero-order valence-corrected chi connectivity index (χ0v) is 13.8. The molecule has 0 radical (unpaired) electrons. The number of thiophene rings is 1. The highest BCUT2D eigenvalue weighted by Crippen LogP contribution is 2.28. The Kier molecular flexibility index (Phi) is 3.89. The molecule has 0 aliphatic heterocycles. The van der Waals surface area contributed by atoms with Gasteiger partial charge in [-0.2, -0.15) is 0 Å². The predicted molar refractivity (Wildman–Crippen MR) is 93.1 cm³/mol. The molecule has 1 amide bonds. The lowest BCUT2D eigenvalue weighted by Gasteiger charge is -2.04. The molecule has 4 aromatic rings. The molecule has 24 heavy (non-hydrogen) atoms. The molecule has 0 unspecified atom stereocenters. The number of nitrogens with one attached hydrogen (secondary N) is 1. The minimum absolute atomic E-state index is 0.253. The number of rotatable bonds is 4. The van der Waals surface area contributed by atoms with Gasteiger partial charge >= 0.3 is 0 Å². The standard InChI is InChI=1S/C16H10N4O2S2/c21-14(12-8-24-16(19-12)13-5-2-6-23-13)18-11-4-1-3-10(7-11)15-20-17-9-22-15/h1-9H,(H,18,21). The third-order valence-electron chi connectivity index (χ3n) is 3.20. The zero-order valence-electron chi connectivity index (χ0n) is 12.2. The van der Waals surface area contributed by atoms with Crippen LogP contribution in [0.25, 0.3) is 21.3 Å². The molecule has 1 N–H and O–H groups in total. The van der Waals surface area contributed by atoms with Gasteiger partial charge in [-0.25, -0.2) is 4.98 Å². The Morgan fingerprint density at radius 2 is 2.12 bits per heavy atom. The Balaban J connectivity index is 1.53. The average molecular weight is 354 g/mol. The first-order chi connectivity index (χ1) is 11.8. The van der Waals surface area contributed by atoms with Crippen LogP contribution in [-0.4, -0.2) is 21.1 Å². The number of carbonyl (C=O) groups is 1. The van der Waals surface area contributed by atoms with Crippen molar-refractivity contribution in [1.29, 1.82) is 0 Å². The topological polar surface area (TPSA) is 80.9 Å². The summed E-state index contributed by atoms with van der Waals surface area (Å²) in [5.74, 6) is 0.150. The molecule has 0 fully saturated rings. The summed E-state index contributed by atoms with van der Waals surface area (Å²) in [7, 11) is 0. The van der Waals surface area contributed by atoms with Crippen LogP contribution in [0.4, 0.5) is 5.69 Å². The van der Waals surface area contributed by atoms with Crippen molar-refractivity contribution < 1.29 is 9.21 Å². The second kappa shape index (κ2) is 6.34. The number of carbonyl (C=O) groups excluding carboxylic acids is 1. The van der Waals surface area contributed by atoms with Crippen LogP contribution in [0, 0.1) is 0 Å². The Bertz CT molecular complexity index is 962. The molecular formula is C16H10N4O2S2. The molecule has 3 aromatic heterocycles. The highest BCUT2D eigenvalue weighted by atomic mass is 32.1. The fourth-order valence-electron chi connectivity index (χ4n) is 2.12. The zero-order chi connectivity index (χ0) is 16.4. The Hall–Kier alpha value is -2.84. The number of hydrogen-bond acceptors (Lipinski definition) is 7. The predicted octanol–water partition coefficient (Wildman–Crippen LogP) is 4.17. The first-order valence-corrected chi connectivity index (χ1v) is 8.73. The normalized spacial score (nSPS) is 10.7. The largest absolute Gasteiger partial charge is 0.423 e. The Morgan fingerprint density at radius 1 is 1.17 bits per heavy atom. The van der Waals surface area contributed by atoms with E-state index in [1.807, 2.05) is 29.6 Å². The highest BCUT2D eigenvalue weighted by Gasteiger charge is 2.13. The first-order valence-electron chi connectivity index (χ1n) is 6.97. The maximum Gasteiger partial charge on any atom is 0.275 e. The van der Waals surface area contributed by atoms with E-state index < -0.39 is 0 Å². The lowest BCUT2D eigenvalue weighted by Crippen LogP contribution is -2.12. The van der Waals surface area contributed by atoms with Crippen LogP contribution in [0.1, 0.15) is 10.5 Å². The number of hydrogen-bond donors (Lipinski definition) is 1. The lowest BCUT2D eigenvalue weighted by atomic mass is 10.2. The molecule has 0 aliphatic rings. The van der Waals surface area contributed by atoms with Gasteiger partial charge in [-0.05, 0) is 29.6 Å². The summed E-state index contributed by atoms with van der Waals surface area (Å²) in [6, 6.07) is 11.2. The summed E-state index contributed by atoms with van der Waals surface area (Å²) in [5, 5.41) is 14.9. The van der Waals surface area contributed by atoms with E-state index >= 15 is 0 Å². The number of aromatic nitrogens is 3. The van der Waals surface area contributed by atoms with Gasteiger partial charge < -0.3 is 9.73 Å². The van der Waals surface area contributed by atoms with E-state index in [0.29, 0.717) is 17.3 Å². The molecule has 0 spiro atoms. The van der Waals surface area contributed by atoms with Gasteiger partial charge in [0.25, 0.3) is 5.91 Å². The monoisotopic (exact) mass is 354 g/mol. The van der Waals surface area contributed by atoms with E-state index in [0.717, 1.165) is 15.4 Å². The maximum absolute atomic E-state index is 12.4. The number of amides is 1.